The Labute approximate surface area is 127 Å². The van der Waals surface area contributed by atoms with Crippen molar-refractivity contribution in [2.75, 3.05) is 0 Å². The Morgan fingerprint density at radius 1 is 1.00 bits per heavy atom. The molecule has 0 radical (unpaired) electrons. The highest BCUT2D eigenvalue weighted by Gasteiger charge is 2.18. The predicted octanol–water partition coefficient (Wildman–Crippen LogP) is 2.71. The Balaban J connectivity index is 2.51. The van der Waals surface area contributed by atoms with E-state index in [1.807, 2.05) is 31.2 Å². The molecule has 4 heteroatoms. The average Bonchev–Trinajstić information content (AvgIpc) is 2.47. The molecular formula is C18H16N2O2. The smallest absolute Gasteiger partial charge is 0.263 e. The van der Waals surface area contributed by atoms with E-state index >= 15 is 0 Å². The van der Waals surface area contributed by atoms with Crippen LogP contribution in [0, 0.1) is 13.8 Å². The maximum Gasteiger partial charge on any atom is 0.263 e. The summed E-state index contributed by atoms with van der Waals surface area (Å²) in [5, 5.41) is 1.09. The summed E-state index contributed by atoms with van der Waals surface area (Å²) in [6, 6.07) is 14.7. The fourth-order valence-corrected chi connectivity index (χ4v) is 2.86. The number of nitrogens with zero attached hydrogens (tertiary/aromatic N) is 1. The lowest BCUT2D eigenvalue weighted by atomic mass is 10.0. The number of rotatable bonds is 2. The van der Waals surface area contributed by atoms with Crippen molar-refractivity contribution in [3.05, 3.63) is 75.7 Å². The van der Waals surface area contributed by atoms with E-state index in [4.69, 9.17) is 5.73 Å². The second-order valence-corrected chi connectivity index (χ2v) is 5.35. The van der Waals surface area contributed by atoms with E-state index in [0.717, 1.165) is 11.3 Å². The number of carbonyl (C=O) groups excluding carboxylic acids is 1. The molecule has 0 aliphatic heterocycles. The second kappa shape index (κ2) is 5.15. The molecule has 110 valence electrons. The van der Waals surface area contributed by atoms with Crippen LogP contribution in [0.3, 0.4) is 0 Å². The van der Waals surface area contributed by atoms with Gasteiger partial charge in [-0.1, -0.05) is 30.3 Å². The first kappa shape index (κ1) is 14.1. The van der Waals surface area contributed by atoms with Crippen LogP contribution in [-0.4, -0.2) is 10.5 Å². The van der Waals surface area contributed by atoms with E-state index < -0.39 is 5.91 Å². The number of pyridine rings is 1. The number of benzene rings is 2. The van der Waals surface area contributed by atoms with Gasteiger partial charge in [0, 0.05) is 22.2 Å². The number of primary amides is 1. The van der Waals surface area contributed by atoms with Gasteiger partial charge < -0.3 is 5.73 Å². The number of hydrogen-bond donors (Lipinski definition) is 1. The maximum absolute atomic E-state index is 12.8. The lowest BCUT2D eigenvalue weighted by Crippen LogP contribution is -2.26. The summed E-state index contributed by atoms with van der Waals surface area (Å²) in [5.41, 5.74) is 8.12. The molecule has 0 spiro atoms. The standard InChI is InChI=1S/C18H16N2O2/c1-11-6-5-7-13(10-11)20-12(2)16(17(19)21)14-8-3-4-9-15(14)18(20)22/h3-10H,1-2H3,(H2,19,21). The monoisotopic (exact) mass is 292 g/mol. The van der Waals surface area contributed by atoms with E-state index in [2.05, 4.69) is 0 Å². The van der Waals surface area contributed by atoms with Crippen LogP contribution in [0.4, 0.5) is 0 Å². The van der Waals surface area contributed by atoms with E-state index in [1.54, 1.807) is 35.8 Å². The zero-order valence-corrected chi connectivity index (χ0v) is 12.5. The molecule has 2 N–H and O–H groups in total. The molecule has 1 aromatic heterocycles. The number of fused-ring (bicyclic) bond motifs is 1. The second-order valence-electron chi connectivity index (χ2n) is 5.35. The summed E-state index contributed by atoms with van der Waals surface area (Å²) >= 11 is 0. The molecule has 3 aromatic rings. The van der Waals surface area contributed by atoms with E-state index in [9.17, 15) is 9.59 Å². The van der Waals surface area contributed by atoms with Gasteiger partial charge in [0.25, 0.3) is 11.5 Å². The van der Waals surface area contributed by atoms with Crippen molar-refractivity contribution in [2.24, 2.45) is 5.73 Å². The molecule has 0 aliphatic carbocycles. The van der Waals surface area contributed by atoms with Gasteiger partial charge in [-0.2, -0.15) is 0 Å². The molecule has 0 bridgehead atoms. The molecule has 2 aromatic carbocycles. The number of amides is 1. The van der Waals surface area contributed by atoms with Gasteiger partial charge in [-0.25, -0.2) is 0 Å². The molecule has 3 rings (SSSR count). The van der Waals surface area contributed by atoms with Crippen molar-refractivity contribution in [3.8, 4) is 5.69 Å². The minimum Gasteiger partial charge on any atom is -0.366 e. The first-order valence-corrected chi connectivity index (χ1v) is 7.02. The highest BCUT2D eigenvalue weighted by Crippen LogP contribution is 2.21. The molecule has 0 fully saturated rings. The number of hydrogen-bond acceptors (Lipinski definition) is 2. The molecule has 22 heavy (non-hydrogen) atoms. The quantitative estimate of drug-likeness (QED) is 0.789. The summed E-state index contributed by atoms with van der Waals surface area (Å²) < 4.78 is 1.55. The van der Waals surface area contributed by atoms with E-state index in [1.165, 1.54) is 0 Å². The minimum atomic E-state index is -0.532. The molecule has 1 amide bonds. The largest absolute Gasteiger partial charge is 0.366 e. The Hall–Kier alpha value is -2.88. The van der Waals surface area contributed by atoms with Crippen LogP contribution in [0.15, 0.2) is 53.3 Å². The summed E-state index contributed by atoms with van der Waals surface area (Å²) in [6.07, 6.45) is 0. The van der Waals surface area contributed by atoms with Crippen LogP contribution < -0.4 is 11.3 Å². The van der Waals surface area contributed by atoms with Crippen LogP contribution >= 0.6 is 0 Å². The number of aromatic nitrogens is 1. The normalized spacial score (nSPS) is 10.8. The zero-order valence-electron chi connectivity index (χ0n) is 12.5. The molecule has 0 saturated heterocycles. The van der Waals surface area contributed by atoms with Gasteiger partial charge in [0.05, 0.1) is 5.56 Å². The minimum absolute atomic E-state index is 0.149. The predicted molar refractivity (Wildman–Crippen MR) is 87.5 cm³/mol. The average molecular weight is 292 g/mol. The number of carbonyl (C=O) groups is 1. The molecule has 1 heterocycles. The van der Waals surface area contributed by atoms with Gasteiger partial charge in [-0.3, -0.25) is 14.2 Å². The van der Waals surface area contributed by atoms with Crippen LogP contribution in [0.25, 0.3) is 16.5 Å². The summed E-state index contributed by atoms with van der Waals surface area (Å²) in [4.78, 5) is 24.8. The van der Waals surface area contributed by atoms with E-state index in [-0.39, 0.29) is 5.56 Å². The van der Waals surface area contributed by atoms with Crippen molar-refractivity contribution >= 4 is 16.7 Å². The molecule has 0 saturated carbocycles. The van der Waals surface area contributed by atoms with Crippen molar-refractivity contribution < 1.29 is 4.79 Å². The Morgan fingerprint density at radius 3 is 2.32 bits per heavy atom. The number of aryl methyl sites for hydroxylation is 1. The van der Waals surface area contributed by atoms with Gasteiger partial charge >= 0.3 is 0 Å². The summed E-state index contributed by atoms with van der Waals surface area (Å²) in [5.74, 6) is -0.532. The summed E-state index contributed by atoms with van der Waals surface area (Å²) in [6.45, 7) is 3.70. The molecule has 0 unspecified atom stereocenters. The highest BCUT2D eigenvalue weighted by atomic mass is 16.1. The fraction of sp³-hybridized carbons (Fsp3) is 0.111. The van der Waals surface area contributed by atoms with Gasteiger partial charge in [0.1, 0.15) is 0 Å². The molecule has 0 atom stereocenters. The van der Waals surface area contributed by atoms with Crippen LogP contribution in [-0.2, 0) is 0 Å². The Bertz CT molecular complexity index is 955. The van der Waals surface area contributed by atoms with E-state index in [0.29, 0.717) is 22.0 Å². The maximum atomic E-state index is 12.8. The molecule has 0 aliphatic rings. The lowest BCUT2D eigenvalue weighted by molar-refractivity contribution is 0.100. The third-order valence-electron chi connectivity index (χ3n) is 3.83. The Morgan fingerprint density at radius 2 is 1.68 bits per heavy atom. The zero-order chi connectivity index (χ0) is 15.9. The van der Waals surface area contributed by atoms with Crippen molar-refractivity contribution in [2.45, 2.75) is 13.8 Å². The Kier molecular flexibility index (Phi) is 3.29. The van der Waals surface area contributed by atoms with Crippen LogP contribution in [0.2, 0.25) is 0 Å². The molecule has 4 nitrogen and oxygen atoms in total. The van der Waals surface area contributed by atoms with Crippen molar-refractivity contribution in [1.29, 1.82) is 0 Å². The van der Waals surface area contributed by atoms with Crippen molar-refractivity contribution in [3.63, 3.8) is 0 Å². The van der Waals surface area contributed by atoms with Crippen LogP contribution in [0.1, 0.15) is 21.6 Å². The van der Waals surface area contributed by atoms with Crippen molar-refractivity contribution in [1.82, 2.24) is 4.57 Å². The van der Waals surface area contributed by atoms with Gasteiger partial charge in [0.2, 0.25) is 0 Å². The first-order valence-electron chi connectivity index (χ1n) is 7.02. The topological polar surface area (TPSA) is 65.1 Å². The lowest BCUT2D eigenvalue weighted by Gasteiger charge is -2.16. The third kappa shape index (κ3) is 2.09. The van der Waals surface area contributed by atoms with Gasteiger partial charge in [-0.15, -0.1) is 0 Å². The van der Waals surface area contributed by atoms with Crippen LogP contribution in [0.5, 0.6) is 0 Å². The molecular weight excluding hydrogens is 276 g/mol. The summed E-state index contributed by atoms with van der Waals surface area (Å²) in [7, 11) is 0. The third-order valence-corrected chi connectivity index (χ3v) is 3.83. The highest BCUT2D eigenvalue weighted by molar-refractivity contribution is 6.07. The van der Waals surface area contributed by atoms with Gasteiger partial charge in [-0.05, 0) is 37.6 Å². The number of nitrogens with two attached hydrogens (primary N) is 1. The SMILES string of the molecule is Cc1cccc(-n2c(C)c(C(N)=O)c3ccccc3c2=O)c1. The van der Waals surface area contributed by atoms with Gasteiger partial charge in [0.15, 0.2) is 0 Å². The fourth-order valence-electron chi connectivity index (χ4n) is 2.86. The first-order chi connectivity index (χ1) is 10.5.